The molecule has 1 N–H and O–H groups in total. The molecule has 1 aromatic rings. The number of phenols is 1. The lowest BCUT2D eigenvalue weighted by molar-refractivity contribution is -0.385. The van der Waals surface area contributed by atoms with Crippen molar-refractivity contribution in [1.29, 1.82) is 0 Å². The van der Waals surface area contributed by atoms with Crippen LogP contribution in [-0.2, 0) is 14.3 Å². The van der Waals surface area contributed by atoms with E-state index in [2.05, 4.69) is 4.18 Å². The van der Waals surface area contributed by atoms with E-state index in [1.807, 2.05) is 0 Å². The van der Waals surface area contributed by atoms with E-state index >= 15 is 0 Å². The third kappa shape index (κ3) is 2.22. The maximum Gasteiger partial charge on any atom is 0.310 e. The largest absolute Gasteiger partial charge is 0.502 e. The van der Waals surface area contributed by atoms with Crippen molar-refractivity contribution in [2.75, 3.05) is 7.11 Å². The Hall–Kier alpha value is -1.67. The maximum atomic E-state index is 11.1. The van der Waals surface area contributed by atoms with Gasteiger partial charge in [-0.2, -0.15) is 8.42 Å². The molecule has 0 aromatic heterocycles. The minimum atomic E-state index is -3.95. The first-order valence-corrected chi connectivity index (χ1v) is 5.07. The molecule has 0 heterocycles. The molecule has 0 unspecified atom stereocenters. The van der Waals surface area contributed by atoms with Gasteiger partial charge in [0.05, 0.1) is 16.9 Å². The predicted octanol–water partition coefficient (Wildman–Crippen LogP) is 0.635. The van der Waals surface area contributed by atoms with Crippen LogP contribution in [0, 0.1) is 10.1 Å². The van der Waals surface area contributed by atoms with Crippen LogP contribution in [0.1, 0.15) is 0 Å². The Morgan fingerprint density at radius 1 is 1.47 bits per heavy atom. The molecule has 8 heteroatoms. The fourth-order valence-electron chi connectivity index (χ4n) is 0.909. The van der Waals surface area contributed by atoms with Gasteiger partial charge in [-0.25, -0.2) is 0 Å². The molecule has 0 saturated carbocycles. The van der Waals surface area contributed by atoms with Crippen LogP contribution < -0.4 is 0 Å². The van der Waals surface area contributed by atoms with Crippen molar-refractivity contribution in [1.82, 2.24) is 0 Å². The molecule has 0 saturated heterocycles. The number of nitro groups is 1. The molecule has 1 aromatic carbocycles. The predicted molar refractivity (Wildman–Crippen MR) is 49.0 cm³/mol. The number of phenolic OH excluding ortho intramolecular Hbond substituents is 1. The van der Waals surface area contributed by atoms with Crippen LogP contribution in [0.3, 0.4) is 0 Å². The summed E-state index contributed by atoms with van der Waals surface area (Å²) < 4.78 is 26.4. The molecule has 15 heavy (non-hydrogen) atoms. The lowest BCUT2D eigenvalue weighted by Gasteiger charge is -2.01. The molecular formula is C7H7NO6S. The van der Waals surface area contributed by atoms with E-state index in [0.29, 0.717) is 0 Å². The minimum Gasteiger partial charge on any atom is -0.502 e. The van der Waals surface area contributed by atoms with E-state index in [4.69, 9.17) is 5.11 Å². The molecule has 0 aliphatic heterocycles. The Kier molecular flexibility index (Phi) is 2.91. The van der Waals surface area contributed by atoms with E-state index in [1.165, 1.54) is 0 Å². The Morgan fingerprint density at radius 2 is 2.07 bits per heavy atom. The van der Waals surface area contributed by atoms with Crippen molar-refractivity contribution in [2.24, 2.45) is 0 Å². The Balaban J connectivity index is 3.30. The molecular weight excluding hydrogens is 226 g/mol. The molecule has 1 rings (SSSR count). The molecule has 0 aliphatic rings. The van der Waals surface area contributed by atoms with Crippen molar-refractivity contribution in [3.05, 3.63) is 28.3 Å². The SMILES string of the molecule is COS(=O)(=O)c1ccc([N+](=O)[O-])c(O)c1. The molecule has 0 aliphatic carbocycles. The van der Waals surface area contributed by atoms with Crippen LogP contribution in [0.4, 0.5) is 5.69 Å². The number of benzene rings is 1. The summed E-state index contributed by atoms with van der Waals surface area (Å²) in [5.74, 6) is -0.724. The number of nitro benzene ring substituents is 1. The zero-order valence-electron chi connectivity index (χ0n) is 7.58. The zero-order chi connectivity index (χ0) is 11.6. The second-order valence-electron chi connectivity index (χ2n) is 2.53. The smallest absolute Gasteiger partial charge is 0.310 e. The highest BCUT2D eigenvalue weighted by Crippen LogP contribution is 2.28. The van der Waals surface area contributed by atoms with E-state index in [1.54, 1.807) is 0 Å². The molecule has 0 radical (unpaired) electrons. The molecule has 82 valence electrons. The van der Waals surface area contributed by atoms with Gasteiger partial charge in [-0.1, -0.05) is 0 Å². The molecule has 0 fully saturated rings. The summed E-state index contributed by atoms with van der Waals surface area (Å²) in [6.07, 6.45) is 0. The number of aromatic hydroxyl groups is 1. The van der Waals surface area contributed by atoms with E-state index in [0.717, 1.165) is 25.3 Å². The maximum absolute atomic E-state index is 11.1. The van der Waals surface area contributed by atoms with Crippen LogP contribution in [0.15, 0.2) is 23.1 Å². The van der Waals surface area contributed by atoms with E-state index < -0.39 is 26.5 Å². The summed E-state index contributed by atoms with van der Waals surface area (Å²) in [7, 11) is -2.99. The van der Waals surface area contributed by atoms with Crippen molar-refractivity contribution in [3.8, 4) is 5.75 Å². The standard InChI is InChI=1S/C7H7NO6S/c1-14-15(12,13)5-2-3-6(8(10)11)7(9)4-5/h2-4,9H,1H3. The number of rotatable bonds is 3. The number of hydrogen-bond acceptors (Lipinski definition) is 6. The monoisotopic (exact) mass is 233 g/mol. The highest BCUT2D eigenvalue weighted by molar-refractivity contribution is 7.86. The van der Waals surface area contributed by atoms with E-state index in [-0.39, 0.29) is 4.90 Å². The van der Waals surface area contributed by atoms with Gasteiger partial charge in [0.25, 0.3) is 10.1 Å². The van der Waals surface area contributed by atoms with Gasteiger partial charge >= 0.3 is 5.69 Å². The lowest BCUT2D eigenvalue weighted by Crippen LogP contribution is -2.02. The average Bonchev–Trinajstić information content (AvgIpc) is 2.17. The third-order valence-electron chi connectivity index (χ3n) is 1.65. The van der Waals surface area contributed by atoms with Gasteiger partial charge in [0.2, 0.25) is 0 Å². The lowest BCUT2D eigenvalue weighted by atomic mass is 10.3. The van der Waals surface area contributed by atoms with Crippen molar-refractivity contribution in [3.63, 3.8) is 0 Å². The van der Waals surface area contributed by atoms with Gasteiger partial charge in [0.1, 0.15) is 0 Å². The first-order valence-electron chi connectivity index (χ1n) is 3.66. The van der Waals surface area contributed by atoms with Gasteiger partial charge in [0, 0.05) is 12.1 Å². The van der Waals surface area contributed by atoms with Crippen molar-refractivity contribution < 1.29 is 22.6 Å². The van der Waals surface area contributed by atoms with Crippen LogP contribution >= 0.6 is 0 Å². The highest BCUT2D eigenvalue weighted by Gasteiger charge is 2.19. The summed E-state index contributed by atoms with van der Waals surface area (Å²) in [5, 5.41) is 19.5. The second-order valence-corrected chi connectivity index (χ2v) is 4.24. The van der Waals surface area contributed by atoms with Crippen LogP contribution in [-0.4, -0.2) is 25.6 Å². The second kappa shape index (κ2) is 3.83. The Bertz CT molecular complexity index is 494. The molecule has 0 bridgehead atoms. The average molecular weight is 233 g/mol. The van der Waals surface area contributed by atoms with Gasteiger partial charge in [-0.05, 0) is 6.07 Å². The minimum absolute atomic E-state index is 0.340. The summed E-state index contributed by atoms with van der Waals surface area (Å²) in [4.78, 5) is 9.16. The van der Waals surface area contributed by atoms with Gasteiger partial charge in [-0.3, -0.25) is 14.3 Å². The Labute approximate surface area is 85.2 Å². The fraction of sp³-hybridized carbons (Fsp3) is 0.143. The van der Waals surface area contributed by atoms with Crippen LogP contribution in [0.5, 0.6) is 5.75 Å². The van der Waals surface area contributed by atoms with Crippen molar-refractivity contribution >= 4 is 15.8 Å². The van der Waals surface area contributed by atoms with E-state index in [9.17, 15) is 18.5 Å². The molecule has 0 amide bonds. The highest BCUT2D eigenvalue weighted by atomic mass is 32.2. The Morgan fingerprint density at radius 3 is 2.47 bits per heavy atom. The topological polar surface area (TPSA) is 107 Å². The zero-order valence-corrected chi connectivity index (χ0v) is 8.39. The first-order chi connectivity index (χ1) is 6.88. The molecule has 7 nitrogen and oxygen atoms in total. The summed E-state index contributed by atoms with van der Waals surface area (Å²) >= 11 is 0. The number of nitrogens with zero attached hydrogens (tertiary/aromatic N) is 1. The van der Waals surface area contributed by atoms with Crippen LogP contribution in [0.2, 0.25) is 0 Å². The fourth-order valence-corrected chi connectivity index (χ4v) is 1.59. The quantitative estimate of drug-likeness (QED) is 0.466. The van der Waals surface area contributed by atoms with Crippen LogP contribution in [0.25, 0.3) is 0 Å². The molecule has 0 atom stereocenters. The van der Waals surface area contributed by atoms with Gasteiger partial charge < -0.3 is 5.11 Å². The third-order valence-corrected chi connectivity index (χ3v) is 2.92. The summed E-state index contributed by atoms with van der Waals surface area (Å²) in [6.45, 7) is 0. The van der Waals surface area contributed by atoms with Gasteiger partial charge in [-0.15, -0.1) is 0 Å². The normalized spacial score (nSPS) is 11.3. The van der Waals surface area contributed by atoms with Gasteiger partial charge in [0.15, 0.2) is 5.75 Å². The summed E-state index contributed by atoms with van der Waals surface area (Å²) in [5.41, 5.74) is -0.565. The molecule has 0 spiro atoms. The number of hydrogen-bond donors (Lipinski definition) is 1. The van der Waals surface area contributed by atoms with Crippen molar-refractivity contribution in [2.45, 2.75) is 4.90 Å². The first kappa shape index (κ1) is 11.4. The summed E-state index contributed by atoms with van der Waals surface area (Å²) in [6, 6.07) is 2.63.